The van der Waals surface area contributed by atoms with Crippen LogP contribution in [0.3, 0.4) is 0 Å². The van der Waals surface area contributed by atoms with Crippen LogP contribution in [0.5, 0.6) is 5.75 Å². The molecule has 0 saturated carbocycles. The third-order valence-electron chi connectivity index (χ3n) is 3.22. The van der Waals surface area contributed by atoms with Gasteiger partial charge >= 0.3 is 5.97 Å². The van der Waals surface area contributed by atoms with Crippen LogP contribution < -0.4 is 4.74 Å². The van der Waals surface area contributed by atoms with E-state index in [2.05, 4.69) is 4.98 Å². The highest BCUT2D eigenvalue weighted by Crippen LogP contribution is 2.21. The summed E-state index contributed by atoms with van der Waals surface area (Å²) in [7, 11) is 0. The number of fused-ring (bicyclic) bond motifs is 1. The lowest BCUT2D eigenvalue weighted by atomic mass is 10.2. The summed E-state index contributed by atoms with van der Waals surface area (Å²) in [6.07, 6.45) is 3.27. The number of carbonyl (C=O) groups is 1. The van der Waals surface area contributed by atoms with Crippen LogP contribution >= 0.6 is 0 Å². The molecule has 0 N–H and O–H groups in total. The summed E-state index contributed by atoms with van der Waals surface area (Å²) in [5.74, 6) is 0.233. The van der Waals surface area contributed by atoms with E-state index in [-0.39, 0.29) is 0 Å². The summed E-state index contributed by atoms with van der Waals surface area (Å²) in [6.45, 7) is 2.55. The Hall–Kier alpha value is -2.82. The van der Waals surface area contributed by atoms with E-state index in [1.54, 1.807) is 17.5 Å². The Morgan fingerprint density at radius 3 is 2.77 bits per heavy atom. The lowest BCUT2D eigenvalue weighted by Crippen LogP contribution is -2.08. The summed E-state index contributed by atoms with van der Waals surface area (Å²) in [4.78, 5) is 16.2. The average Bonchev–Trinajstić information content (AvgIpc) is 2.99. The van der Waals surface area contributed by atoms with Crippen LogP contribution in [0.25, 0.3) is 5.65 Å². The molecule has 0 fully saturated rings. The predicted molar refractivity (Wildman–Crippen MR) is 81.9 cm³/mol. The number of hydrogen-bond acceptors (Lipinski definition) is 4. The lowest BCUT2D eigenvalue weighted by molar-refractivity contribution is 0.0518. The number of aromatic nitrogens is 2. The largest absolute Gasteiger partial charge is 0.485 e. The van der Waals surface area contributed by atoms with Crippen molar-refractivity contribution in [2.24, 2.45) is 0 Å². The molecular weight excluding hydrogens is 280 g/mol. The quantitative estimate of drug-likeness (QED) is 0.679. The fraction of sp³-hybridized carbons (Fsp3) is 0.176. The Labute approximate surface area is 128 Å². The van der Waals surface area contributed by atoms with Crippen molar-refractivity contribution < 1.29 is 14.3 Å². The number of rotatable bonds is 5. The van der Waals surface area contributed by atoms with E-state index >= 15 is 0 Å². The first-order chi connectivity index (χ1) is 10.8. The van der Waals surface area contributed by atoms with Gasteiger partial charge in [-0.2, -0.15) is 0 Å². The molecule has 5 nitrogen and oxygen atoms in total. The number of benzene rings is 1. The molecule has 0 aliphatic carbocycles. The minimum atomic E-state index is -0.393. The fourth-order valence-corrected chi connectivity index (χ4v) is 2.19. The second-order valence-electron chi connectivity index (χ2n) is 4.70. The Morgan fingerprint density at radius 1 is 1.18 bits per heavy atom. The molecule has 0 atom stereocenters. The van der Waals surface area contributed by atoms with Gasteiger partial charge in [-0.3, -0.25) is 4.40 Å². The van der Waals surface area contributed by atoms with Crippen molar-refractivity contribution in [3.05, 3.63) is 66.1 Å². The first-order valence-corrected chi connectivity index (χ1v) is 7.09. The van der Waals surface area contributed by atoms with E-state index in [4.69, 9.17) is 9.47 Å². The van der Waals surface area contributed by atoms with Gasteiger partial charge in [-0.25, -0.2) is 9.78 Å². The molecule has 0 unspecified atom stereocenters. The maximum Gasteiger partial charge on any atom is 0.356 e. The summed E-state index contributed by atoms with van der Waals surface area (Å²) >= 11 is 0. The molecule has 3 rings (SSSR count). The number of esters is 1. The van der Waals surface area contributed by atoms with Crippen molar-refractivity contribution in [2.75, 3.05) is 6.61 Å². The van der Waals surface area contributed by atoms with Gasteiger partial charge in [0.25, 0.3) is 0 Å². The Morgan fingerprint density at radius 2 is 2.00 bits per heavy atom. The molecule has 2 heterocycles. The minimum absolute atomic E-state index is 0.330. The van der Waals surface area contributed by atoms with E-state index in [0.717, 1.165) is 5.56 Å². The van der Waals surface area contributed by atoms with Crippen molar-refractivity contribution >= 4 is 11.6 Å². The van der Waals surface area contributed by atoms with Crippen LogP contribution in [0.1, 0.15) is 23.0 Å². The Kier molecular flexibility index (Phi) is 4.05. The summed E-state index contributed by atoms with van der Waals surface area (Å²) in [5, 5.41) is 0. The molecule has 0 bridgehead atoms. The highest BCUT2D eigenvalue weighted by molar-refractivity contribution is 5.88. The Bertz CT molecular complexity index is 781. The maximum absolute atomic E-state index is 11.9. The monoisotopic (exact) mass is 296 g/mol. The van der Waals surface area contributed by atoms with Crippen LogP contribution in [0.4, 0.5) is 0 Å². The van der Waals surface area contributed by atoms with Gasteiger partial charge in [-0.05, 0) is 24.6 Å². The molecule has 0 radical (unpaired) electrons. The molecule has 112 valence electrons. The van der Waals surface area contributed by atoms with Gasteiger partial charge in [0.15, 0.2) is 17.1 Å². The van der Waals surface area contributed by atoms with Gasteiger partial charge in [-0.15, -0.1) is 0 Å². The smallest absolute Gasteiger partial charge is 0.356 e. The van der Waals surface area contributed by atoms with Gasteiger partial charge in [0.1, 0.15) is 6.61 Å². The zero-order valence-corrected chi connectivity index (χ0v) is 12.2. The standard InChI is InChI=1S/C17H16N2O3/c1-2-21-17(20)14-11-18-16-15(9-6-10-19(14)16)22-12-13-7-4-3-5-8-13/h3-11H,2,12H2,1H3. The summed E-state index contributed by atoms with van der Waals surface area (Å²) in [5.41, 5.74) is 2.06. The third-order valence-corrected chi connectivity index (χ3v) is 3.22. The molecule has 0 spiro atoms. The topological polar surface area (TPSA) is 52.8 Å². The summed E-state index contributed by atoms with van der Waals surface area (Å²) in [6, 6.07) is 13.5. The molecule has 22 heavy (non-hydrogen) atoms. The molecule has 0 aliphatic heterocycles. The van der Waals surface area contributed by atoms with E-state index in [9.17, 15) is 4.79 Å². The number of pyridine rings is 1. The Balaban J connectivity index is 1.86. The van der Waals surface area contributed by atoms with Gasteiger partial charge < -0.3 is 9.47 Å². The summed E-state index contributed by atoms with van der Waals surface area (Å²) < 4.78 is 12.5. The van der Waals surface area contributed by atoms with Crippen LogP contribution in [-0.2, 0) is 11.3 Å². The van der Waals surface area contributed by atoms with Gasteiger partial charge in [0, 0.05) is 6.20 Å². The minimum Gasteiger partial charge on any atom is -0.485 e. The predicted octanol–water partition coefficient (Wildman–Crippen LogP) is 3.09. The number of ether oxygens (including phenoxy) is 2. The SMILES string of the molecule is CCOC(=O)c1cnc2c(OCc3ccccc3)cccn12. The van der Waals surface area contributed by atoms with E-state index in [1.807, 2.05) is 42.5 Å². The van der Waals surface area contributed by atoms with Gasteiger partial charge in [-0.1, -0.05) is 30.3 Å². The molecule has 0 amide bonds. The molecule has 5 heteroatoms. The van der Waals surface area contributed by atoms with Crippen LogP contribution in [-0.4, -0.2) is 22.0 Å². The van der Waals surface area contributed by atoms with E-state index < -0.39 is 5.97 Å². The van der Waals surface area contributed by atoms with Crippen molar-refractivity contribution in [1.82, 2.24) is 9.38 Å². The van der Waals surface area contributed by atoms with Gasteiger partial charge in [0.05, 0.1) is 12.8 Å². The second-order valence-corrected chi connectivity index (χ2v) is 4.70. The number of carbonyl (C=O) groups excluding carboxylic acids is 1. The van der Waals surface area contributed by atoms with Crippen LogP contribution in [0.15, 0.2) is 54.9 Å². The number of hydrogen-bond donors (Lipinski definition) is 0. The zero-order valence-electron chi connectivity index (χ0n) is 12.2. The van der Waals surface area contributed by atoms with Gasteiger partial charge in [0.2, 0.25) is 0 Å². The normalized spacial score (nSPS) is 10.6. The lowest BCUT2D eigenvalue weighted by Gasteiger charge is -2.08. The zero-order chi connectivity index (χ0) is 15.4. The van der Waals surface area contributed by atoms with E-state index in [1.165, 1.54) is 6.20 Å². The fourth-order valence-electron chi connectivity index (χ4n) is 2.19. The van der Waals surface area contributed by atoms with E-state index in [0.29, 0.717) is 30.3 Å². The number of nitrogens with zero attached hydrogens (tertiary/aromatic N) is 2. The van der Waals surface area contributed by atoms with Crippen molar-refractivity contribution in [3.63, 3.8) is 0 Å². The third kappa shape index (κ3) is 2.79. The van der Waals surface area contributed by atoms with Crippen LogP contribution in [0, 0.1) is 0 Å². The first kappa shape index (κ1) is 14.1. The highest BCUT2D eigenvalue weighted by atomic mass is 16.5. The molecule has 0 saturated heterocycles. The average molecular weight is 296 g/mol. The van der Waals surface area contributed by atoms with Crippen molar-refractivity contribution in [3.8, 4) is 5.75 Å². The molecule has 0 aliphatic rings. The molecule has 1 aromatic carbocycles. The first-order valence-electron chi connectivity index (χ1n) is 7.09. The maximum atomic E-state index is 11.9. The van der Waals surface area contributed by atoms with Crippen LogP contribution in [0.2, 0.25) is 0 Å². The molecule has 2 aromatic heterocycles. The second kappa shape index (κ2) is 6.30. The highest BCUT2D eigenvalue weighted by Gasteiger charge is 2.15. The number of imidazole rings is 1. The van der Waals surface area contributed by atoms with Crippen molar-refractivity contribution in [1.29, 1.82) is 0 Å². The van der Waals surface area contributed by atoms with Crippen molar-refractivity contribution in [2.45, 2.75) is 13.5 Å². The molecular formula is C17H16N2O3. The molecule has 3 aromatic rings.